The fourth-order valence-corrected chi connectivity index (χ4v) is 2.06. The van der Waals surface area contributed by atoms with E-state index in [9.17, 15) is 4.39 Å². The number of anilines is 1. The van der Waals surface area contributed by atoms with Crippen LogP contribution in [0, 0.1) is 17.1 Å². The molecule has 5 nitrogen and oxygen atoms in total. The zero-order valence-corrected chi connectivity index (χ0v) is 11.1. The van der Waals surface area contributed by atoms with Crippen LogP contribution in [0.2, 0.25) is 0 Å². The zero-order valence-electron chi connectivity index (χ0n) is 10.3. The first-order valence-corrected chi connectivity index (χ1v) is 6.56. The molecule has 0 aliphatic carbocycles. The van der Waals surface area contributed by atoms with Crippen molar-refractivity contribution in [1.82, 2.24) is 14.8 Å². The minimum absolute atomic E-state index is 0.264. The van der Waals surface area contributed by atoms with Gasteiger partial charge in [-0.15, -0.1) is 10.2 Å². The Morgan fingerprint density at radius 3 is 2.79 bits per heavy atom. The van der Waals surface area contributed by atoms with Crippen molar-refractivity contribution in [3.63, 3.8) is 0 Å². The van der Waals surface area contributed by atoms with Gasteiger partial charge in [-0.2, -0.15) is 5.26 Å². The van der Waals surface area contributed by atoms with Crippen molar-refractivity contribution in [3.8, 4) is 6.07 Å². The van der Waals surface area contributed by atoms with E-state index in [1.54, 1.807) is 12.1 Å². The van der Waals surface area contributed by atoms with Crippen LogP contribution in [-0.4, -0.2) is 20.5 Å². The number of halogens is 1. The van der Waals surface area contributed by atoms with Gasteiger partial charge in [-0.05, 0) is 24.3 Å². The average Bonchev–Trinajstić information content (AvgIpc) is 2.77. The Hall–Kier alpha value is -2.07. The zero-order chi connectivity index (χ0) is 13.7. The second-order valence-electron chi connectivity index (χ2n) is 3.77. The topological polar surface area (TPSA) is 66.5 Å². The number of nitrogens with one attached hydrogen (secondary N) is 1. The van der Waals surface area contributed by atoms with Crippen molar-refractivity contribution in [1.29, 1.82) is 5.26 Å². The number of benzene rings is 1. The van der Waals surface area contributed by atoms with E-state index < -0.39 is 0 Å². The molecule has 1 heterocycles. The maximum absolute atomic E-state index is 12.8. The van der Waals surface area contributed by atoms with Gasteiger partial charge in [-0.25, -0.2) is 4.39 Å². The molecule has 19 heavy (non-hydrogen) atoms. The van der Waals surface area contributed by atoms with Crippen molar-refractivity contribution < 1.29 is 4.39 Å². The molecule has 0 unspecified atom stereocenters. The Morgan fingerprint density at radius 2 is 2.11 bits per heavy atom. The van der Waals surface area contributed by atoms with Gasteiger partial charge in [-0.1, -0.05) is 11.8 Å². The molecule has 0 saturated heterocycles. The summed E-state index contributed by atoms with van der Waals surface area (Å²) >= 11 is 1.34. The lowest BCUT2D eigenvalue weighted by Gasteiger charge is -2.06. The van der Waals surface area contributed by atoms with E-state index in [1.165, 1.54) is 23.9 Å². The van der Waals surface area contributed by atoms with Crippen molar-refractivity contribution in [2.45, 2.75) is 11.7 Å². The van der Waals surface area contributed by atoms with Crippen LogP contribution in [0.3, 0.4) is 0 Å². The van der Waals surface area contributed by atoms with Gasteiger partial charge in [0.15, 0.2) is 11.0 Å². The Bertz CT molecular complexity index is 587. The van der Waals surface area contributed by atoms with Crippen LogP contribution >= 0.6 is 11.8 Å². The first kappa shape index (κ1) is 13.4. The number of aromatic nitrogens is 3. The second-order valence-corrected chi connectivity index (χ2v) is 4.71. The van der Waals surface area contributed by atoms with Crippen molar-refractivity contribution in [3.05, 3.63) is 35.9 Å². The normalized spacial score (nSPS) is 10.2. The molecule has 98 valence electrons. The van der Waals surface area contributed by atoms with E-state index in [2.05, 4.69) is 15.5 Å². The summed E-state index contributed by atoms with van der Waals surface area (Å²) in [5.41, 5.74) is 0.815. The highest BCUT2D eigenvalue weighted by atomic mass is 32.2. The van der Waals surface area contributed by atoms with Crippen LogP contribution in [-0.2, 0) is 13.6 Å². The van der Waals surface area contributed by atoms with Crippen LogP contribution in [0.15, 0.2) is 29.4 Å². The van der Waals surface area contributed by atoms with E-state index in [1.807, 2.05) is 17.7 Å². The molecule has 0 aliphatic rings. The number of nitrogens with zero attached hydrogens (tertiary/aromatic N) is 4. The van der Waals surface area contributed by atoms with Gasteiger partial charge in [0, 0.05) is 12.7 Å². The predicted molar refractivity (Wildman–Crippen MR) is 71.1 cm³/mol. The number of nitriles is 1. The summed E-state index contributed by atoms with van der Waals surface area (Å²) in [7, 11) is 1.85. The van der Waals surface area contributed by atoms with E-state index in [0.717, 1.165) is 11.5 Å². The fraction of sp³-hybridized carbons (Fsp3) is 0.250. The molecule has 0 atom stereocenters. The minimum atomic E-state index is -0.264. The highest BCUT2D eigenvalue weighted by Crippen LogP contribution is 2.15. The summed E-state index contributed by atoms with van der Waals surface area (Å²) in [6.45, 7) is 0.488. The second kappa shape index (κ2) is 6.20. The van der Waals surface area contributed by atoms with Gasteiger partial charge in [0.25, 0.3) is 0 Å². The molecule has 2 aromatic rings. The van der Waals surface area contributed by atoms with Crippen molar-refractivity contribution in [2.75, 3.05) is 11.1 Å². The van der Waals surface area contributed by atoms with Gasteiger partial charge >= 0.3 is 0 Å². The van der Waals surface area contributed by atoms with Crippen LogP contribution in [0.5, 0.6) is 0 Å². The highest BCUT2D eigenvalue weighted by Gasteiger charge is 2.08. The van der Waals surface area contributed by atoms with Gasteiger partial charge in [-0.3, -0.25) is 0 Å². The first-order valence-electron chi connectivity index (χ1n) is 5.58. The largest absolute Gasteiger partial charge is 0.378 e. The standard InChI is InChI=1S/C12H12FN5S/c1-18-11(16-17-12(18)19-7-6-14)8-15-10-4-2-9(13)3-5-10/h2-5,15H,7-8H2,1H3. The van der Waals surface area contributed by atoms with Crippen molar-refractivity contribution >= 4 is 17.4 Å². The number of rotatable bonds is 5. The number of thioether (sulfide) groups is 1. The SMILES string of the molecule is Cn1c(CNc2ccc(F)cc2)nnc1SCC#N. The van der Waals surface area contributed by atoms with Gasteiger partial charge < -0.3 is 9.88 Å². The van der Waals surface area contributed by atoms with Crippen molar-refractivity contribution in [2.24, 2.45) is 7.05 Å². The maximum atomic E-state index is 12.8. The summed E-state index contributed by atoms with van der Waals surface area (Å²) in [5, 5.41) is 20.4. The molecular formula is C12H12FN5S. The number of hydrogen-bond acceptors (Lipinski definition) is 5. The lowest BCUT2D eigenvalue weighted by atomic mass is 10.3. The maximum Gasteiger partial charge on any atom is 0.192 e. The van der Waals surface area contributed by atoms with E-state index >= 15 is 0 Å². The molecule has 0 bridgehead atoms. The van der Waals surface area contributed by atoms with E-state index in [0.29, 0.717) is 17.5 Å². The minimum Gasteiger partial charge on any atom is -0.378 e. The first-order chi connectivity index (χ1) is 9.20. The Kier molecular flexibility index (Phi) is 4.36. The van der Waals surface area contributed by atoms with Crippen LogP contribution in [0.4, 0.5) is 10.1 Å². The summed E-state index contributed by atoms with van der Waals surface area (Å²) in [6, 6.07) is 8.17. The Morgan fingerprint density at radius 1 is 1.37 bits per heavy atom. The molecule has 0 amide bonds. The average molecular weight is 277 g/mol. The summed E-state index contributed by atoms with van der Waals surface area (Å²) in [4.78, 5) is 0. The summed E-state index contributed by atoms with van der Waals surface area (Å²) in [6.07, 6.45) is 0. The third-order valence-corrected chi connectivity index (χ3v) is 3.37. The number of hydrogen-bond donors (Lipinski definition) is 1. The molecule has 0 fully saturated rings. The third-order valence-electron chi connectivity index (χ3n) is 2.49. The summed E-state index contributed by atoms with van der Waals surface area (Å²) < 4.78 is 14.6. The molecule has 0 aliphatic heterocycles. The lowest BCUT2D eigenvalue weighted by Crippen LogP contribution is -2.06. The molecular weight excluding hydrogens is 265 g/mol. The lowest BCUT2D eigenvalue weighted by molar-refractivity contribution is 0.628. The van der Waals surface area contributed by atoms with Crippen LogP contribution in [0.25, 0.3) is 0 Å². The molecule has 1 aromatic carbocycles. The Labute approximate surface area is 114 Å². The monoisotopic (exact) mass is 277 g/mol. The van der Waals surface area contributed by atoms with Gasteiger partial charge in [0.2, 0.25) is 0 Å². The summed E-state index contributed by atoms with van der Waals surface area (Å²) in [5.74, 6) is 0.835. The quantitative estimate of drug-likeness (QED) is 0.848. The molecule has 2 rings (SSSR count). The predicted octanol–water partition coefficient (Wildman–Crippen LogP) is 2.18. The molecule has 0 spiro atoms. The van der Waals surface area contributed by atoms with Gasteiger partial charge in [0.1, 0.15) is 5.82 Å². The van der Waals surface area contributed by atoms with E-state index in [4.69, 9.17) is 5.26 Å². The van der Waals surface area contributed by atoms with Crippen LogP contribution < -0.4 is 5.32 Å². The molecule has 1 aromatic heterocycles. The molecule has 7 heteroatoms. The molecule has 1 N–H and O–H groups in total. The Balaban J connectivity index is 1.98. The molecule has 0 radical (unpaired) electrons. The van der Waals surface area contributed by atoms with E-state index in [-0.39, 0.29) is 5.82 Å². The molecule has 0 saturated carbocycles. The van der Waals surface area contributed by atoms with Crippen LogP contribution in [0.1, 0.15) is 5.82 Å². The fourth-order valence-electron chi connectivity index (χ4n) is 1.47. The van der Waals surface area contributed by atoms with Gasteiger partial charge in [0.05, 0.1) is 18.4 Å². The smallest absolute Gasteiger partial charge is 0.192 e. The highest BCUT2D eigenvalue weighted by molar-refractivity contribution is 7.99. The third kappa shape index (κ3) is 3.45.